The minimum absolute atomic E-state index is 0.0974. The van der Waals surface area contributed by atoms with E-state index in [9.17, 15) is 14.4 Å². The molecule has 2 aromatic carbocycles. The number of nitrogens with zero attached hydrogens (tertiary/aromatic N) is 1. The van der Waals surface area contributed by atoms with Gasteiger partial charge in [-0.3, -0.25) is 14.4 Å². The molecule has 1 aliphatic rings. The monoisotopic (exact) mass is 401 g/mol. The number of amides is 1. The average Bonchev–Trinajstić information content (AvgIpc) is 3.02. The number of rotatable bonds is 5. The first kappa shape index (κ1) is 17.4. The summed E-state index contributed by atoms with van der Waals surface area (Å²) in [5, 5.41) is 0. The van der Waals surface area contributed by atoms with Crippen molar-refractivity contribution in [3.63, 3.8) is 0 Å². The molecule has 0 aliphatic carbocycles. The number of hydrogen-bond acceptors (Lipinski definition) is 4. The van der Waals surface area contributed by atoms with Crippen molar-refractivity contribution in [3.05, 3.63) is 64.6 Å². The van der Waals surface area contributed by atoms with Gasteiger partial charge >= 0.3 is 5.97 Å². The van der Waals surface area contributed by atoms with Crippen LogP contribution in [-0.2, 0) is 14.3 Å². The zero-order chi connectivity index (χ0) is 17.8. The maximum absolute atomic E-state index is 12.2. The zero-order valence-corrected chi connectivity index (χ0v) is 14.9. The van der Waals surface area contributed by atoms with Crippen LogP contribution in [0, 0.1) is 5.92 Å². The van der Waals surface area contributed by atoms with Gasteiger partial charge in [0.25, 0.3) is 0 Å². The number of benzene rings is 2. The molecule has 0 saturated carbocycles. The van der Waals surface area contributed by atoms with Gasteiger partial charge < -0.3 is 9.64 Å². The number of ketones is 1. The summed E-state index contributed by atoms with van der Waals surface area (Å²) in [6, 6.07) is 16.0. The fourth-order valence-corrected chi connectivity index (χ4v) is 2.96. The third kappa shape index (κ3) is 4.14. The summed E-state index contributed by atoms with van der Waals surface area (Å²) in [5.41, 5.74) is 1.23. The first-order chi connectivity index (χ1) is 12.0. The van der Waals surface area contributed by atoms with Crippen LogP contribution < -0.4 is 4.90 Å². The number of ether oxygens (including phenoxy) is 1. The van der Waals surface area contributed by atoms with Crippen molar-refractivity contribution < 1.29 is 19.1 Å². The lowest BCUT2D eigenvalue weighted by Gasteiger charge is -2.16. The van der Waals surface area contributed by atoms with Crippen LogP contribution in [0.5, 0.6) is 0 Å². The van der Waals surface area contributed by atoms with E-state index < -0.39 is 11.9 Å². The lowest BCUT2D eigenvalue weighted by molar-refractivity contribution is -0.147. The Morgan fingerprint density at radius 3 is 2.44 bits per heavy atom. The van der Waals surface area contributed by atoms with Crippen molar-refractivity contribution in [3.8, 4) is 0 Å². The molecule has 0 aromatic heterocycles. The third-order valence-corrected chi connectivity index (χ3v) is 4.57. The number of carbonyl (C=O) groups is 3. The molecule has 25 heavy (non-hydrogen) atoms. The summed E-state index contributed by atoms with van der Waals surface area (Å²) >= 11 is 3.30. The number of carbonyl (C=O) groups excluding carboxylic acids is 3. The molecule has 1 atom stereocenters. The molecule has 1 fully saturated rings. The number of para-hydroxylation sites is 1. The highest BCUT2D eigenvalue weighted by Gasteiger charge is 2.36. The molecule has 1 heterocycles. The maximum Gasteiger partial charge on any atom is 0.311 e. The lowest BCUT2D eigenvalue weighted by atomic mass is 10.1. The van der Waals surface area contributed by atoms with Crippen molar-refractivity contribution in [2.75, 3.05) is 18.1 Å². The van der Waals surface area contributed by atoms with Crippen molar-refractivity contribution in [2.24, 2.45) is 5.92 Å². The van der Waals surface area contributed by atoms with Gasteiger partial charge in [-0.2, -0.15) is 0 Å². The van der Waals surface area contributed by atoms with Crippen LogP contribution in [0.1, 0.15) is 16.8 Å². The molecule has 0 N–H and O–H groups in total. The second kappa shape index (κ2) is 7.61. The first-order valence-electron chi connectivity index (χ1n) is 7.85. The minimum Gasteiger partial charge on any atom is -0.457 e. The maximum atomic E-state index is 12.2. The van der Waals surface area contributed by atoms with Crippen LogP contribution in [0.15, 0.2) is 59.1 Å². The van der Waals surface area contributed by atoms with Gasteiger partial charge in [0.2, 0.25) is 5.91 Å². The molecule has 1 aliphatic heterocycles. The standard InChI is InChI=1S/C19H16BrNO4/c20-15-8-6-13(7-9-15)17(22)12-25-19(24)14-10-18(23)21(11-14)16-4-2-1-3-5-16/h1-9,14H,10-12H2/t14-/m1/s1. The molecule has 1 amide bonds. The Labute approximate surface area is 153 Å². The van der Waals surface area contributed by atoms with Crippen LogP contribution in [0.25, 0.3) is 0 Å². The van der Waals surface area contributed by atoms with Gasteiger partial charge in [-0.15, -0.1) is 0 Å². The SMILES string of the molecule is O=C(COC(=O)[C@@H]1CC(=O)N(c2ccccc2)C1)c1ccc(Br)cc1. The topological polar surface area (TPSA) is 63.7 Å². The Bertz CT molecular complexity index is 789. The van der Waals surface area contributed by atoms with E-state index in [1.165, 1.54) is 0 Å². The lowest BCUT2D eigenvalue weighted by Crippen LogP contribution is -2.27. The molecule has 0 bridgehead atoms. The Balaban J connectivity index is 1.56. The third-order valence-electron chi connectivity index (χ3n) is 4.04. The van der Waals surface area contributed by atoms with Crippen molar-refractivity contribution >= 4 is 39.3 Å². The molecule has 6 heteroatoms. The van der Waals surface area contributed by atoms with Crippen LogP contribution in [0.3, 0.4) is 0 Å². The van der Waals surface area contributed by atoms with E-state index in [1.54, 1.807) is 29.2 Å². The number of Topliss-reactive ketones (excluding diaryl/α,β-unsaturated/α-hetero) is 1. The highest BCUT2D eigenvalue weighted by molar-refractivity contribution is 9.10. The molecule has 3 rings (SSSR count). The molecular weight excluding hydrogens is 386 g/mol. The van der Waals surface area contributed by atoms with Gasteiger partial charge in [0.05, 0.1) is 5.92 Å². The van der Waals surface area contributed by atoms with E-state index >= 15 is 0 Å². The van der Waals surface area contributed by atoms with Crippen molar-refractivity contribution in [2.45, 2.75) is 6.42 Å². The van der Waals surface area contributed by atoms with Crippen LogP contribution in [0.4, 0.5) is 5.69 Å². The van der Waals surface area contributed by atoms with E-state index in [0.29, 0.717) is 5.56 Å². The predicted octanol–water partition coefficient (Wildman–Crippen LogP) is 3.23. The van der Waals surface area contributed by atoms with E-state index in [0.717, 1.165) is 10.2 Å². The zero-order valence-electron chi connectivity index (χ0n) is 13.4. The quantitative estimate of drug-likeness (QED) is 0.569. The van der Waals surface area contributed by atoms with Crippen LogP contribution in [0.2, 0.25) is 0 Å². The van der Waals surface area contributed by atoms with Crippen molar-refractivity contribution in [1.29, 1.82) is 0 Å². The first-order valence-corrected chi connectivity index (χ1v) is 8.64. The number of hydrogen-bond donors (Lipinski definition) is 0. The Morgan fingerprint density at radius 1 is 1.08 bits per heavy atom. The van der Waals surface area contributed by atoms with E-state index in [2.05, 4.69) is 15.9 Å². The van der Waals surface area contributed by atoms with E-state index in [1.807, 2.05) is 30.3 Å². The summed E-state index contributed by atoms with van der Waals surface area (Å²) in [4.78, 5) is 38.0. The fraction of sp³-hybridized carbons (Fsp3) is 0.211. The highest BCUT2D eigenvalue weighted by atomic mass is 79.9. The summed E-state index contributed by atoms with van der Waals surface area (Å²) in [7, 11) is 0. The second-order valence-electron chi connectivity index (χ2n) is 5.78. The van der Waals surface area contributed by atoms with Crippen molar-refractivity contribution in [1.82, 2.24) is 0 Å². The van der Waals surface area contributed by atoms with E-state index in [4.69, 9.17) is 4.74 Å². The Kier molecular flexibility index (Phi) is 5.28. The molecule has 128 valence electrons. The summed E-state index contributed by atoms with van der Waals surface area (Å²) in [5.74, 6) is -1.46. The molecule has 1 saturated heterocycles. The number of anilines is 1. The minimum atomic E-state index is -0.551. The van der Waals surface area contributed by atoms with Gasteiger partial charge in [-0.25, -0.2) is 0 Å². The largest absolute Gasteiger partial charge is 0.457 e. The molecule has 2 aromatic rings. The summed E-state index contributed by atoms with van der Waals surface area (Å²) in [6.45, 7) is -0.0509. The molecular formula is C19H16BrNO4. The fourth-order valence-electron chi connectivity index (χ4n) is 2.70. The Hall–Kier alpha value is -2.47. The van der Waals surface area contributed by atoms with E-state index in [-0.39, 0.29) is 31.3 Å². The Morgan fingerprint density at radius 2 is 1.76 bits per heavy atom. The summed E-state index contributed by atoms with van der Waals surface area (Å²) < 4.78 is 5.99. The molecule has 0 radical (unpaired) electrons. The van der Waals surface area contributed by atoms with Crippen LogP contribution in [-0.4, -0.2) is 30.8 Å². The van der Waals surface area contributed by atoms with Gasteiger partial charge in [0, 0.05) is 28.7 Å². The molecule has 0 spiro atoms. The van der Waals surface area contributed by atoms with Gasteiger partial charge in [-0.1, -0.05) is 46.3 Å². The smallest absolute Gasteiger partial charge is 0.311 e. The normalized spacial score (nSPS) is 16.8. The highest BCUT2D eigenvalue weighted by Crippen LogP contribution is 2.25. The second-order valence-corrected chi connectivity index (χ2v) is 6.69. The number of halogens is 1. The van der Waals surface area contributed by atoms with Crippen LogP contribution >= 0.6 is 15.9 Å². The average molecular weight is 402 g/mol. The molecule has 0 unspecified atom stereocenters. The van der Waals surface area contributed by atoms with Gasteiger partial charge in [0.15, 0.2) is 12.4 Å². The summed E-state index contributed by atoms with van der Waals surface area (Å²) in [6.07, 6.45) is 0.0974. The van der Waals surface area contributed by atoms with Gasteiger partial charge in [0.1, 0.15) is 0 Å². The van der Waals surface area contributed by atoms with Gasteiger partial charge in [-0.05, 0) is 24.3 Å². The number of esters is 1. The molecule has 5 nitrogen and oxygen atoms in total. The predicted molar refractivity (Wildman–Crippen MR) is 96.3 cm³/mol.